The van der Waals surface area contributed by atoms with Crippen molar-refractivity contribution in [2.45, 2.75) is 12.7 Å². The lowest BCUT2D eigenvalue weighted by molar-refractivity contribution is 0.682. The van der Waals surface area contributed by atoms with Crippen LogP contribution in [0.1, 0.15) is 11.1 Å². The predicted molar refractivity (Wildman–Crippen MR) is 94.4 cm³/mol. The minimum atomic E-state index is -0.927. The zero-order chi connectivity index (χ0) is 15.8. The molecule has 0 bridgehead atoms. The number of hydrogen-bond donors (Lipinski definition) is 2. The average molecular weight is 315 g/mol. The first-order valence-corrected chi connectivity index (χ1v) is 8.65. The van der Waals surface area contributed by atoms with Gasteiger partial charge in [-0.2, -0.15) is 0 Å². The van der Waals surface area contributed by atoms with Crippen LogP contribution in [0, 0.1) is 6.92 Å². The number of anilines is 1. The first-order valence-electron chi connectivity index (χ1n) is 7.16. The molecule has 4 nitrogen and oxygen atoms in total. The Labute approximate surface area is 133 Å². The zero-order valence-electron chi connectivity index (χ0n) is 12.7. The van der Waals surface area contributed by atoms with Gasteiger partial charge in [0.1, 0.15) is 0 Å². The molecule has 0 aliphatic carbocycles. The maximum atomic E-state index is 12.0. The minimum absolute atomic E-state index is 0.348. The summed E-state index contributed by atoms with van der Waals surface area (Å²) in [6, 6.07) is 17.7. The summed E-state index contributed by atoms with van der Waals surface area (Å²) in [5, 5.41) is 3.02. The maximum Gasteiger partial charge on any atom is 0.193 e. The maximum absolute atomic E-state index is 12.0. The normalized spacial score (nSPS) is 12.9. The molecule has 0 radical (unpaired) electrons. The van der Waals surface area contributed by atoms with E-state index < -0.39 is 10.8 Å². The first-order chi connectivity index (χ1) is 10.6. The van der Waals surface area contributed by atoms with Crippen LogP contribution in [0.4, 0.5) is 5.69 Å². The number of nitrogens with two attached hydrogens (primary N) is 1. The van der Waals surface area contributed by atoms with Gasteiger partial charge in [0, 0.05) is 28.0 Å². The van der Waals surface area contributed by atoms with Gasteiger partial charge in [-0.1, -0.05) is 48.0 Å². The van der Waals surface area contributed by atoms with Crippen molar-refractivity contribution in [1.82, 2.24) is 0 Å². The Bertz CT molecular complexity index is 639. The van der Waals surface area contributed by atoms with Crippen molar-refractivity contribution < 1.29 is 4.21 Å². The summed E-state index contributed by atoms with van der Waals surface area (Å²) in [5.41, 5.74) is 8.99. The summed E-state index contributed by atoms with van der Waals surface area (Å²) in [4.78, 5) is 4.21. The number of benzene rings is 2. The molecule has 3 N–H and O–H groups in total. The molecule has 116 valence electrons. The molecule has 0 heterocycles. The topological polar surface area (TPSA) is 67.5 Å². The van der Waals surface area contributed by atoms with Crippen molar-refractivity contribution in [3.05, 3.63) is 65.7 Å². The van der Waals surface area contributed by atoms with Crippen LogP contribution in [0.25, 0.3) is 0 Å². The zero-order valence-corrected chi connectivity index (χ0v) is 13.5. The summed E-state index contributed by atoms with van der Waals surface area (Å²) in [6.45, 7) is 2.48. The predicted octanol–water partition coefficient (Wildman–Crippen LogP) is 2.67. The number of aliphatic imine (C=N–C) groups is 1. The number of guanidine groups is 1. The fourth-order valence-electron chi connectivity index (χ4n) is 1.92. The number of nitrogens with one attached hydrogen (secondary N) is 1. The first kappa shape index (κ1) is 16.2. The van der Waals surface area contributed by atoms with E-state index in [1.54, 1.807) is 0 Å². The van der Waals surface area contributed by atoms with Gasteiger partial charge in [0.2, 0.25) is 0 Å². The fraction of sp³-hybridized carbons (Fsp3) is 0.235. The molecule has 0 fully saturated rings. The van der Waals surface area contributed by atoms with Gasteiger partial charge in [-0.15, -0.1) is 0 Å². The lowest BCUT2D eigenvalue weighted by atomic mass is 10.2. The molecule has 0 aliphatic rings. The standard InChI is InChI=1S/C17H21N3OS/c1-14-7-9-16(10-8-14)20-17(18)19-11-12-22(21)13-15-5-3-2-4-6-15/h2-10H,11-13H2,1H3,(H3,18,19,20). The van der Waals surface area contributed by atoms with E-state index >= 15 is 0 Å². The van der Waals surface area contributed by atoms with Gasteiger partial charge in [-0.3, -0.25) is 9.20 Å². The van der Waals surface area contributed by atoms with Gasteiger partial charge in [0.25, 0.3) is 0 Å². The van der Waals surface area contributed by atoms with Crippen LogP contribution in [0.3, 0.4) is 0 Å². The van der Waals surface area contributed by atoms with Crippen LogP contribution in [-0.2, 0) is 16.6 Å². The molecule has 0 aromatic heterocycles. The van der Waals surface area contributed by atoms with Crippen LogP contribution in [-0.4, -0.2) is 22.5 Å². The molecule has 1 unspecified atom stereocenters. The van der Waals surface area contributed by atoms with Crippen LogP contribution >= 0.6 is 0 Å². The SMILES string of the molecule is Cc1ccc(NC(N)=NCCS(=O)Cc2ccccc2)cc1. The van der Waals surface area contributed by atoms with Gasteiger partial charge < -0.3 is 11.1 Å². The summed E-state index contributed by atoms with van der Waals surface area (Å²) >= 11 is 0. The number of aryl methyl sites for hydroxylation is 1. The van der Waals surface area contributed by atoms with Crippen LogP contribution in [0.5, 0.6) is 0 Å². The van der Waals surface area contributed by atoms with Crippen molar-refractivity contribution in [2.24, 2.45) is 10.7 Å². The lowest BCUT2D eigenvalue weighted by Gasteiger charge is -2.06. The van der Waals surface area contributed by atoms with Gasteiger partial charge in [-0.25, -0.2) is 0 Å². The number of nitrogens with zero attached hydrogens (tertiary/aromatic N) is 1. The second-order valence-electron chi connectivity index (χ2n) is 5.03. The minimum Gasteiger partial charge on any atom is -0.370 e. The van der Waals surface area contributed by atoms with E-state index in [0.717, 1.165) is 11.3 Å². The quantitative estimate of drug-likeness (QED) is 0.636. The third-order valence-corrected chi connectivity index (χ3v) is 4.39. The lowest BCUT2D eigenvalue weighted by Crippen LogP contribution is -2.23. The van der Waals surface area contributed by atoms with Crippen molar-refractivity contribution in [3.8, 4) is 0 Å². The molecule has 1 atom stereocenters. The Kier molecular flexibility index (Phi) is 6.15. The monoisotopic (exact) mass is 315 g/mol. The van der Waals surface area contributed by atoms with E-state index in [1.807, 2.05) is 61.5 Å². The third-order valence-electron chi connectivity index (χ3n) is 3.10. The Morgan fingerprint density at radius 3 is 2.50 bits per heavy atom. The molecular weight excluding hydrogens is 294 g/mol. The van der Waals surface area contributed by atoms with Crippen molar-refractivity contribution in [3.63, 3.8) is 0 Å². The molecule has 22 heavy (non-hydrogen) atoms. The van der Waals surface area contributed by atoms with Gasteiger partial charge in [-0.05, 0) is 24.6 Å². The third kappa shape index (κ3) is 5.69. The highest BCUT2D eigenvalue weighted by Gasteiger charge is 2.01. The van der Waals surface area contributed by atoms with Crippen LogP contribution in [0.15, 0.2) is 59.6 Å². The summed E-state index contributed by atoms with van der Waals surface area (Å²) in [7, 11) is -0.927. The molecule has 2 aromatic rings. The molecule has 5 heteroatoms. The molecule has 0 amide bonds. The summed E-state index contributed by atoms with van der Waals surface area (Å²) in [6.07, 6.45) is 0. The highest BCUT2D eigenvalue weighted by atomic mass is 32.2. The van der Waals surface area contributed by atoms with E-state index in [2.05, 4.69) is 10.3 Å². The molecule has 2 rings (SSSR count). The van der Waals surface area contributed by atoms with Gasteiger partial charge in [0.05, 0.1) is 6.54 Å². The highest BCUT2D eigenvalue weighted by molar-refractivity contribution is 7.84. The molecule has 0 aliphatic heterocycles. The smallest absolute Gasteiger partial charge is 0.193 e. The summed E-state index contributed by atoms with van der Waals surface area (Å²) < 4.78 is 12.0. The van der Waals surface area contributed by atoms with E-state index in [1.165, 1.54) is 5.56 Å². The Hall–Kier alpha value is -2.14. The second kappa shape index (κ2) is 8.34. The van der Waals surface area contributed by atoms with Crippen LogP contribution < -0.4 is 11.1 Å². The van der Waals surface area contributed by atoms with Crippen molar-refractivity contribution in [1.29, 1.82) is 0 Å². The second-order valence-corrected chi connectivity index (χ2v) is 6.61. The largest absolute Gasteiger partial charge is 0.370 e. The van der Waals surface area contributed by atoms with Gasteiger partial charge >= 0.3 is 0 Å². The van der Waals surface area contributed by atoms with E-state index in [0.29, 0.717) is 24.0 Å². The summed E-state index contributed by atoms with van der Waals surface area (Å²) in [5.74, 6) is 1.41. The van der Waals surface area contributed by atoms with E-state index in [4.69, 9.17) is 5.73 Å². The van der Waals surface area contributed by atoms with Crippen LogP contribution in [0.2, 0.25) is 0 Å². The number of rotatable bonds is 6. The van der Waals surface area contributed by atoms with E-state index in [-0.39, 0.29) is 0 Å². The number of hydrogen-bond acceptors (Lipinski definition) is 2. The molecule has 0 saturated heterocycles. The fourth-order valence-corrected chi connectivity index (χ4v) is 2.93. The molecular formula is C17H21N3OS. The Morgan fingerprint density at radius 2 is 1.82 bits per heavy atom. The van der Waals surface area contributed by atoms with E-state index in [9.17, 15) is 4.21 Å². The average Bonchev–Trinajstić information content (AvgIpc) is 2.50. The molecule has 0 spiro atoms. The Morgan fingerprint density at radius 1 is 1.14 bits per heavy atom. The van der Waals surface area contributed by atoms with Crippen molar-refractivity contribution >= 4 is 22.4 Å². The Balaban J connectivity index is 1.76. The van der Waals surface area contributed by atoms with Gasteiger partial charge in [0.15, 0.2) is 5.96 Å². The van der Waals surface area contributed by atoms with Crippen molar-refractivity contribution in [2.75, 3.05) is 17.6 Å². The molecule has 0 saturated carbocycles. The molecule has 2 aromatic carbocycles. The highest BCUT2D eigenvalue weighted by Crippen LogP contribution is 2.08.